The summed E-state index contributed by atoms with van der Waals surface area (Å²) in [6.45, 7) is 4.09. The molecule has 0 radical (unpaired) electrons. The molecule has 0 aliphatic carbocycles. The van der Waals surface area contributed by atoms with Crippen LogP contribution in [0.2, 0.25) is 0 Å². The Morgan fingerprint density at radius 3 is 2.61 bits per heavy atom. The molecular weight excluding hydrogens is 232 g/mol. The van der Waals surface area contributed by atoms with E-state index in [1.54, 1.807) is 19.2 Å². The van der Waals surface area contributed by atoms with E-state index in [9.17, 15) is 4.79 Å². The van der Waals surface area contributed by atoms with Gasteiger partial charge in [0.15, 0.2) is 0 Å². The number of amides is 1. The van der Waals surface area contributed by atoms with Gasteiger partial charge in [0, 0.05) is 12.1 Å². The van der Waals surface area contributed by atoms with Gasteiger partial charge < -0.3 is 20.5 Å². The summed E-state index contributed by atoms with van der Waals surface area (Å²) < 4.78 is 10.6. The number of carbonyl (C=O) groups is 1. The molecule has 1 unspecified atom stereocenters. The van der Waals surface area contributed by atoms with Gasteiger partial charge in [0.2, 0.25) is 5.91 Å². The molecule has 100 valence electrons. The smallest absolute Gasteiger partial charge is 0.238 e. The second-order valence-corrected chi connectivity index (χ2v) is 4.27. The van der Waals surface area contributed by atoms with E-state index in [2.05, 4.69) is 5.32 Å². The Balaban J connectivity index is 2.58. The van der Waals surface area contributed by atoms with Crippen LogP contribution in [0.3, 0.4) is 0 Å². The van der Waals surface area contributed by atoms with Gasteiger partial charge in [0.1, 0.15) is 24.1 Å². The number of benzene rings is 1. The number of methoxy groups -OCH3 is 1. The summed E-state index contributed by atoms with van der Waals surface area (Å²) in [5.74, 6) is 0.928. The molecule has 5 heteroatoms. The summed E-state index contributed by atoms with van der Waals surface area (Å²) in [6.07, 6.45) is 0. The van der Waals surface area contributed by atoms with Crippen molar-refractivity contribution in [1.82, 2.24) is 5.32 Å². The lowest BCUT2D eigenvalue weighted by molar-refractivity contribution is -0.120. The zero-order chi connectivity index (χ0) is 13.5. The van der Waals surface area contributed by atoms with E-state index in [1.807, 2.05) is 26.0 Å². The number of nitrogens with one attached hydrogen (secondary N) is 1. The van der Waals surface area contributed by atoms with Crippen molar-refractivity contribution >= 4 is 5.91 Å². The quantitative estimate of drug-likeness (QED) is 0.757. The maximum Gasteiger partial charge on any atom is 0.238 e. The molecule has 1 rings (SSSR count). The Hall–Kier alpha value is -1.75. The average Bonchev–Trinajstić information content (AvgIpc) is 2.34. The minimum Gasteiger partial charge on any atom is -0.497 e. The number of nitrogens with two attached hydrogens (primary N) is 1. The van der Waals surface area contributed by atoms with Crippen LogP contribution in [-0.2, 0) is 4.79 Å². The first-order valence-electron chi connectivity index (χ1n) is 5.85. The topological polar surface area (TPSA) is 73.6 Å². The highest BCUT2D eigenvalue weighted by Crippen LogP contribution is 2.18. The highest BCUT2D eigenvalue weighted by molar-refractivity contribution is 5.80. The molecule has 0 bridgehead atoms. The molecular formula is C13H20N2O3. The van der Waals surface area contributed by atoms with E-state index < -0.39 is 11.9 Å². The Labute approximate surface area is 107 Å². The first-order valence-corrected chi connectivity index (χ1v) is 5.85. The monoisotopic (exact) mass is 252 g/mol. The number of primary amides is 1. The fourth-order valence-corrected chi connectivity index (χ4v) is 1.49. The van der Waals surface area contributed by atoms with E-state index in [0.717, 1.165) is 0 Å². The van der Waals surface area contributed by atoms with E-state index in [4.69, 9.17) is 15.2 Å². The second kappa shape index (κ2) is 6.86. The number of rotatable bonds is 7. The van der Waals surface area contributed by atoms with Crippen molar-refractivity contribution in [3.8, 4) is 11.5 Å². The van der Waals surface area contributed by atoms with Crippen LogP contribution in [0, 0.1) is 0 Å². The molecule has 0 aliphatic rings. The highest BCUT2D eigenvalue weighted by atomic mass is 16.5. The Morgan fingerprint density at radius 1 is 1.39 bits per heavy atom. The van der Waals surface area contributed by atoms with Gasteiger partial charge in [-0.15, -0.1) is 0 Å². The van der Waals surface area contributed by atoms with Crippen molar-refractivity contribution in [1.29, 1.82) is 0 Å². The van der Waals surface area contributed by atoms with E-state index >= 15 is 0 Å². The van der Waals surface area contributed by atoms with Gasteiger partial charge in [-0.1, -0.05) is 19.9 Å². The van der Waals surface area contributed by atoms with Crippen LogP contribution in [0.25, 0.3) is 0 Å². The zero-order valence-corrected chi connectivity index (χ0v) is 11.0. The minimum absolute atomic E-state index is 0.163. The van der Waals surface area contributed by atoms with Gasteiger partial charge in [-0.05, 0) is 12.1 Å². The van der Waals surface area contributed by atoms with Crippen LogP contribution in [0.1, 0.15) is 13.8 Å². The molecule has 0 saturated heterocycles. The Bertz CT molecular complexity index is 394. The summed E-state index contributed by atoms with van der Waals surface area (Å²) in [6, 6.07) is 6.87. The molecule has 0 heterocycles. The lowest BCUT2D eigenvalue weighted by Crippen LogP contribution is -2.48. The fourth-order valence-electron chi connectivity index (χ4n) is 1.49. The predicted octanol–water partition coefficient (Wildman–Crippen LogP) is 0.926. The standard InChI is InChI=1S/C13H20N2O3/c1-9(2)15-12(13(14)16)8-18-11-6-4-5-10(7-11)17-3/h4-7,9,12,15H,8H2,1-3H3,(H2,14,16). The molecule has 1 amide bonds. The predicted molar refractivity (Wildman–Crippen MR) is 69.7 cm³/mol. The third-order valence-corrected chi connectivity index (χ3v) is 2.34. The Kier molecular flexibility index (Phi) is 5.45. The molecule has 0 saturated carbocycles. The normalized spacial score (nSPS) is 12.2. The first-order chi connectivity index (χ1) is 8.52. The molecule has 1 atom stereocenters. The molecule has 0 aromatic heterocycles. The highest BCUT2D eigenvalue weighted by Gasteiger charge is 2.16. The average molecular weight is 252 g/mol. The van der Waals surface area contributed by atoms with E-state index in [-0.39, 0.29) is 12.6 Å². The largest absolute Gasteiger partial charge is 0.497 e. The van der Waals surface area contributed by atoms with Crippen molar-refractivity contribution in [3.63, 3.8) is 0 Å². The molecule has 18 heavy (non-hydrogen) atoms. The van der Waals surface area contributed by atoms with Gasteiger partial charge in [-0.25, -0.2) is 0 Å². The third-order valence-electron chi connectivity index (χ3n) is 2.34. The summed E-state index contributed by atoms with van der Waals surface area (Å²) in [5, 5.41) is 3.05. The lowest BCUT2D eigenvalue weighted by Gasteiger charge is -2.18. The minimum atomic E-state index is -0.504. The SMILES string of the molecule is COc1cccc(OCC(NC(C)C)C(N)=O)c1. The van der Waals surface area contributed by atoms with Crippen LogP contribution in [0.15, 0.2) is 24.3 Å². The van der Waals surface area contributed by atoms with Gasteiger partial charge in [-0.3, -0.25) is 4.79 Å². The maximum atomic E-state index is 11.2. The van der Waals surface area contributed by atoms with Crippen LogP contribution in [0.4, 0.5) is 0 Å². The third kappa shape index (κ3) is 4.63. The van der Waals surface area contributed by atoms with Gasteiger partial charge in [-0.2, -0.15) is 0 Å². The van der Waals surface area contributed by atoms with Crippen molar-refractivity contribution in [2.75, 3.05) is 13.7 Å². The Morgan fingerprint density at radius 2 is 2.06 bits per heavy atom. The second-order valence-electron chi connectivity index (χ2n) is 4.27. The van der Waals surface area contributed by atoms with Crippen LogP contribution < -0.4 is 20.5 Å². The van der Waals surface area contributed by atoms with Crippen molar-refractivity contribution < 1.29 is 14.3 Å². The summed E-state index contributed by atoms with van der Waals surface area (Å²) in [5.41, 5.74) is 5.30. The maximum absolute atomic E-state index is 11.2. The molecule has 3 N–H and O–H groups in total. The van der Waals surface area contributed by atoms with Crippen molar-refractivity contribution in [3.05, 3.63) is 24.3 Å². The van der Waals surface area contributed by atoms with Gasteiger partial charge in [0.05, 0.1) is 7.11 Å². The summed E-state index contributed by atoms with van der Waals surface area (Å²) >= 11 is 0. The summed E-state index contributed by atoms with van der Waals surface area (Å²) in [7, 11) is 1.59. The lowest BCUT2D eigenvalue weighted by atomic mass is 10.2. The number of hydrogen-bond donors (Lipinski definition) is 2. The zero-order valence-electron chi connectivity index (χ0n) is 11.0. The fraction of sp³-hybridized carbons (Fsp3) is 0.462. The van der Waals surface area contributed by atoms with Crippen molar-refractivity contribution in [2.24, 2.45) is 5.73 Å². The number of hydrogen-bond acceptors (Lipinski definition) is 4. The van der Waals surface area contributed by atoms with Crippen LogP contribution >= 0.6 is 0 Å². The number of carbonyl (C=O) groups excluding carboxylic acids is 1. The molecule has 0 fully saturated rings. The van der Waals surface area contributed by atoms with E-state index in [1.165, 1.54) is 0 Å². The van der Waals surface area contributed by atoms with E-state index in [0.29, 0.717) is 11.5 Å². The van der Waals surface area contributed by atoms with Crippen LogP contribution in [0.5, 0.6) is 11.5 Å². The van der Waals surface area contributed by atoms with Gasteiger partial charge >= 0.3 is 0 Å². The molecule has 0 aliphatic heterocycles. The molecule has 0 spiro atoms. The summed E-state index contributed by atoms with van der Waals surface area (Å²) in [4.78, 5) is 11.2. The van der Waals surface area contributed by atoms with Crippen LogP contribution in [-0.4, -0.2) is 31.7 Å². The first kappa shape index (κ1) is 14.3. The van der Waals surface area contributed by atoms with Crippen molar-refractivity contribution in [2.45, 2.75) is 25.9 Å². The molecule has 5 nitrogen and oxygen atoms in total. The van der Waals surface area contributed by atoms with Gasteiger partial charge in [0.25, 0.3) is 0 Å². The molecule has 1 aromatic carbocycles. The number of ether oxygens (including phenoxy) is 2. The molecule has 1 aromatic rings.